The van der Waals surface area contributed by atoms with E-state index in [1.54, 1.807) is 6.07 Å². The van der Waals surface area contributed by atoms with Crippen LogP contribution >= 0.6 is 0 Å². The summed E-state index contributed by atoms with van der Waals surface area (Å²) in [5.74, 6) is -0.370. The minimum atomic E-state index is -0.587. The molecule has 1 aromatic carbocycles. The van der Waals surface area contributed by atoms with Crippen LogP contribution in [0.4, 0.5) is 0 Å². The van der Waals surface area contributed by atoms with E-state index < -0.39 is 5.63 Å². The van der Waals surface area contributed by atoms with E-state index in [-0.39, 0.29) is 11.5 Å². The lowest BCUT2D eigenvalue weighted by atomic mass is 10.1. The third kappa shape index (κ3) is 2.84. The lowest BCUT2D eigenvalue weighted by molar-refractivity contribution is 0.0949. The van der Waals surface area contributed by atoms with Crippen LogP contribution in [-0.4, -0.2) is 12.5 Å². The fourth-order valence-electron chi connectivity index (χ4n) is 1.92. The lowest BCUT2D eigenvalue weighted by Crippen LogP contribution is -2.29. The number of hydrogen-bond donors (Lipinski definition) is 1. The molecule has 0 fully saturated rings. The fourth-order valence-corrected chi connectivity index (χ4v) is 1.92. The number of fused-ring (bicyclic) bond motifs is 1. The third-order valence-electron chi connectivity index (χ3n) is 3.02. The summed E-state index contributed by atoms with van der Waals surface area (Å²) < 4.78 is 5.23. The summed E-state index contributed by atoms with van der Waals surface area (Å²) in [7, 11) is 0. The number of rotatable bonds is 4. The van der Waals surface area contributed by atoms with E-state index in [0.717, 1.165) is 23.8 Å². The molecule has 2 aromatic rings. The zero-order valence-corrected chi connectivity index (χ0v) is 11.2. The van der Waals surface area contributed by atoms with Crippen LogP contribution in [0.25, 0.3) is 11.0 Å². The van der Waals surface area contributed by atoms with Crippen molar-refractivity contribution in [3.8, 4) is 0 Å². The lowest BCUT2D eigenvalue weighted by Gasteiger charge is -2.05. The molecule has 1 N–H and O–H groups in total. The Labute approximate surface area is 111 Å². The molecule has 0 saturated carbocycles. The van der Waals surface area contributed by atoms with Gasteiger partial charge in [-0.25, -0.2) is 4.79 Å². The predicted molar refractivity (Wildman–Crippen MR) is 74.5 cm³/mol. The number of carbonyl (C=O) groups is 1. The molecule has 1 aromatic heterocycles. The molecule has 0 unspecified atom stereocenters. The second-order valence-corrected chi connectivity index (χ2v) is 4.55. The molecule has 0 aliphatic rings. The van der Waals surface area contributed by atoms with E-state index in [4.69, 9.17) is 4.42 Å². The zero-order chi connectivity index (χ0) is 13.8. The number of unbranched alkanes of at least 4 members (excludes halogenated alkanes) is 1. The first-order valence-corrected chi connectivity index (χ1v) is 6.45. The highest BCUT2D eigenvalue weighted by Gasteiger charge is 2.13. The first-order valence-electron chi connectivity index (χ1n) is 6.45. The van der Waals surface area contributed by atoms with Crippen LogP contribution in [-0.2, 0) is 0 Å². The van der Waals surface area contributed by atoms with Crippen molar-refractivity contribution in [3.63, 3.8) is 0 Å². The van der Waals surface area contributed by atoms with Crippen molar-refractivity contribution in [1.82, 2.24) is 5.32 Å². The highest BCUT2D eigenvalue weighted by molar-refractivity contribution is 5.96. The number of aryl methyl sites for hydroxylation is 1. The molecular formula is C15H17NO3. The third-order valence-corrected chi connectivity index (χ3v) is 3.02. The highest BCUT2D eigenvalue weighted by Crippen LogP contribution is 2.17. The maximum atomic E-state index is 11.9. The molecule has 0 radical (unpaired) electrons. The van der Waals surface area contributed by atoms with Gasteiger partial charge in [-0.2, -0.15) is 0 Å². The molecule has 4 nitrogen and oxygen atoms in total. The maximum absolute atomic E-state index is 11.9. The number of carbonyl (C=O) groups excluding carboxylic acids is 1. The number of para-hydroxylation sites is 1. The molecule has 19 heavy (non-hydrogen) atoms. The molecule has 0 atom stereocenters. The van der Waals surface area contributed by atoms with Crippen LogP contribution < -0.4 is 10.9 Å². The first-order chi connectivity index (χ1) is 9.13. The molecule has 0 saturated heterocycles. The van der Waals surface area contributed by atoms with Gasteiger partial charge in [0.05, 0.1) is 0 Å². The van der Waals surface area contributed by atoms with Gasteiger partial charge in [-0.15, -0.1) is 0 Å². The molecule has 1 amide bonds. The van der Waals surface area contributed by atoms with Gasteiger partial charge in [0.25, 0.3) is 5.91 Å². The van der Waals surface area contributed by atoms with Gasteiger partial charge in [-0.05, 0) is 25.0 Å². The van der Waals surface area contributed by atoms with Crippen molar-refractivity contribution in [1.29, 1.82) is 0 Å². The van der Waals surface area contributed by atoms with Gasteiger partial charge in [-0.3, -0.25) is 4.79 Å². The smallest absolute Gasteiger partial charge is 0.349 e. The average Bonchev–Trinajstić information content (AvgIpc) is 2.39. The summed E-state index contributed by atoms with van der Waals surface area (Å²) in [6.45, 7) is 4.48. The Kier molecular flexibility index (Phi) is 4.00. The Balaban J connectivity index is 2.36. The summed E-state index contributed by atoms with van der Waals surface area (Å²) in [5.41, 5.74) is 0.898. The van der Waals surface area contributed by atoms with Crippen LogP contribution in [0.15, 0.2) is 33.5 Å². The van der Waals surface area contributed by atoms with Crippen molar-refractivity contribution in [2.75, 3.05) is 6.54 Å². The van der Waals surface area contributed by atoms with Gasteiger partial charge in [0.2, 0.25) is 0 Å². The van der Waals surface area contributed by atoms with Gasteiger partial charge in [0, 0.05) is 11.9 Å². The molecule has 100 valence electrons. The van der Waals surface area contributed by atoms with Crippen molar-refractivity contribution in [3.05, 3.63) is 45.8 Å². The molecule has 0 aliphatic carbocycles. The van der Waals surface area contributed by atoms with Gasteiger partial charge < -0.3 is 9.73 Å². The fraction of sp³-hybridized carbons (Fsp3) is 0.333. The van der Waals surface area contributed by atoms with Crippen molar-refractivity contribution in [2.24, 2.45) is 0 Å². The van der Waals surface area contributed by atoms with Crippen molar-refractivity contribution in [2.45, 2.75) is 26.7 Å². The SMILES string of the molecule is CCCCNC(=O)c1cc2cccc(C)c2oc1=O. The largest absolute Gasteiger partial charge is 0.422 e. The zero-order valence-electron chi connectivity index (χ0n) is 11.2. The minimum absolute atomic E-state index is 0.0641. The van der Waals surface area contributed by atoms with E-state index in [2.05, 4.69) is 5.32 Å². The van der Waals surface area contributed by atoms with E-state index in [1.165, 1.54) is 0 Å². The Hall–Kier alpha value is -2.10. The summed E-state index contributed by atoms with van der Waals surface area (Å²) in [6.07, 6.45) is 1.88. The van der Waals surface area contributed by atoms with Crippen molar-refractivity contribution >= 4 is 16.9 Å². The highest BCUT2D eigenvalue weighted by atomic mass is 16.4. The van der Waals surface area contributed by atoms with Gasteiger partial charge >= 0.3 is 5.63 Å². The van der Waals surface area contributed by atoms with Crippen LogP contribution in [0.3, 0.4) is 0 Å². The van der Waals surface area contributed by atoms with E-state index in [0.29, 0.717) is 12.1 Å². The normalized spacial score (nSPS) is 10.6. The predicted octanol–water partition coefficient (Wildman–Crippen LogP) is 2.63. The number of hydrogen-bond acceptors (Lipinski definition) is 3. The van der Waals surface area contributed by atoms with Gasteiger partial charge in [0.15, 0.2) is 0 Å². The van der Waals surface area contributed by atoms with E-state index in [1.807, 2.05) is 32.0 Å². The Morgan fingerprint density at radius 3 is 2.89 bits per heavy atom. The molecule has 0 spiro atoms. The number of nitrogens with one attached hydrogen (secondary N) is 1. The monoisotopic (exact) mass is 259 g/mol. The van der Waals surface area contributed by atoms with Crippen LogP contribution in [0, 0.1) is 6.92 Å². The summed E-state index contributed by atoms with van der Waals surface area (Å²) in [5, 5.41) is 3.49. The standard InChI is InChI=1S/C15H17NO3/c1-3-4-8-16-14(17)12-9-11-7-5-6-10(2)13(11)19-15(12)18/h5-7,9H,3-4,8H2,1-2H3,(H,16,17). The molecule has 0 aliphatic heterocycles. The summed E-state index contributed by atoms with van der Waals surface area (Å²) in [4.78, 5) is 23.7. The summed E-state index contributed by atoms with van der Waals surface area (Å²) >= 11 is 0. The Morgan fingerprint density at radius 1 is 1.37 bits per heavy atom. The van der Waals surface area contributed by atoms with Crippen LogP contribution in [0.2, 0.25) is 0 Å². The van der Waals surface area contributed by atoms with E-state index in [9.17, 15) is 9.59 Å². The molecule has 1 heterocycles. The van der Waals surface area contributed by atoms with Crippen LogP contribution in [0.5, 0.6) is 0 Å². The Bertz CT molecular complexity index is 658. The minimum Gasteiger partial charge on any atom is -0.422 e. The van der Waals surface area contributed by atoms with E-state index >= 15 is 0 Å². The second-order valence-electron chi connectivity index (χ2n) is 4.55. The molecule has 0 bridgehead atoms. The molecular weight excluding hydrogens is 242 g/mol. The number of amides is 1. The first kappa shape index (κ1) is 13.3. The quantitative estimate of drug-likeness (QED) is 0.678. The molecule has 4 heteroatoms. The topological polar surface area (TPSA) is 59.3 Å². The van der Waals surface area contributed by atoms with Crippen molar-refractivity contribution < 1.29 is 9.21 Å². The second kappa shape index (κ2) is 5.69. The average molecular weight is 259 g/mol. The van der Waals surface area contributed by atoms with Gasteiger partial charge in [-0.1, -0.05) is 31.5 Å². The van der Waals surface area contributed by atoms with Gasteiger partial charge in [0.1, 0.15) is 11.1 Å². The number of benzene rings is 1. The summed E-state index contributed by atoms with van der Waals surface area (Å²) in [6, 6.07) is 7.16. The maximum Gasteiger partial charge on any atom is 0.349 e. The Morgan fingerprint density at radius 2 is 2.16 bits per heavy atom. The molecule has 2 rings (SSSR count). The van der Waals surface area contributed by atoms with Crippen LogP contribution in [0.1, 0.15) is 35.7 Å².